The van der Waals surface area contributed by atoms with E-state index in [0.29, 0.717) is 13.2 Å². The van der Waals surface area contributed by atoms with Gasteiger partial charge < -0.3 is 9.47 Å². The van der Waals surface area contributed by atoms with Crippen molar-refractivity contribution in [2.45, 2.75) is 39.7 Å². The number of carbonyl (C=O) groups is 1. The first-order valence-electron chi connectivity index (χ1n) is 4.98. The van der Waals surface area contributed by atoms with Crippen molar-refractivity contribution in [1.29, 1.82) is 0 Å². The number of ketones is 1. The fourth-order valence-corrected chi connectivity index (χ4v) is 1.10. The molecule has 0 spiro atoms. The largest absolute Gasteiger partial charge is 0.374 e. The first kappa shape index (κ1) is 12.6. The Kier molecular flexibility index (Phi) is 7.94. The van der Waals surface area contributed by atoms with Crippen LogP contribution in [0.2, 0.25) is 0 Å². The molecule has 0 aliphatic carbocycles. The predicted molar refractivity (Wildman–Crippen MR) is 51.8 cm³/mol. The minimum absolute atomic E-state index is 0.0607. The molecule has 1 atom stereocenters. The zero-order valence-corrected chi connectivity index (χ0v) is 8.84. The van der Waals surface area contributed by atoms with Crippen LogP contribution in [0.4, 0.5) is 0 Å². The van der Waals surface area contributed by atoms with Crippen molar-refractivity contribution in [3.63, 3.8) is 0 Å². The van der Waals surface area contributed by atoms with Crippen molar-refractivity contribution >= 4 is 5.78 Å². The third kappa shape index (κ3) is 5.77. The van der Waals surface area contributed by atoms with Gasteiger partial charge in [0.25, 0.3) is 0 Å². The van der Waals surface area contributed by atoms with Crippen LogP contribution in [-0.2, 0) is 14.3 Å². The minimum atomic E-state index is -0.262. The van der Waals surface area contributed by atoms with E-state index in [2.05, 4.69) is 0 Å². The Morgan fingerprint density at radius 2 is 1.92 bits per heavy atom. The molecule has 0 fully saturated rings. The maximum atomic E-state index is 11.4. The highest BCUT2D eigenvalue weighted by molar-refractivity contribution is 5.84. The second kappa shape index (κ2) is 8.20. The van der Waals surface area contributed by atoms with Crippen LogP contribution in [0, 0.1) is 0 Å². The second-order valence-corrected chi connectivity index (χ2v) is 2.84. The fourth-order valence-electron chi connectivity index (χ4n) is 1.10. The molecular weight excluding hydrogens is 168 g/mol. The summed E-state index contributed by atoms with van der Waals surface area (Å²) in [5.41, 5.74) is 0. The van der Waals surface area contributed by atoms with Gasteiger partial charge in [0.15, 0.2) is 5.78 Å². The van der Waals surface area contributed by atoms with Crippen LogP contribution in [-0.4, -0.2) is 31.7 Å². The van der Waals surface area contributed by atoms with Gasteiger partial charge in [0, 0.05) is 13.2 Å². The molecular formula is C10H20O3. The third-order valence-electron chi connectivity index (χ3n) is 1.73. The highest BCUT2D eigenvalue weighted by Crippen LogP contribution is 2.03. The van der Waals surface area contributed by atoms with Crippen LogP contribution in [0.3, 0.4) is 0 Å². The van der Waals surface area contributed by atoms with Crippen LogP contribution in [0.1, 0.15) is 33.6 Å². The molecule has 3 heteroatoms. The van der Waals surface area contributed by atoms with Crippen LogP contribution in [0.15, 0.2) is 0 Å². The Morgan fingerprint density at radius 3 is 2.38 bits per heavy atom. The van der Waals surface area contributed by atoms with Crippen LogP contribution >= 0.6 is 0 Å². The van der Waals surface area contributed by atoms with Gasteiger partial charge in [-0.15, -0.1) is 0 Å². The van der Waals surface area contributed by atoms with Crippen molar-refractivity contribution in [1.82, 2.24) is 0 Å². The lowest BCUT2D eigenvalue weighted by Gasteiger charge is -2.14. The van der Waals surface area contributed by atoms with Crippen molar-refractivity contribution in [3.05, 3.63) is 0 Å². The molecule has 78 valence electrons. The number of carbonyl (C=O) groups excluding carboxylic acids is 1. The molecule has 3 nitrogen and oxygen atoms in total. The topological polar surface area (TPSA) is 35.5 Å². The number of rotatable bonds is 8. The van der Waals surface area contributed by atoms with E-state index in [1.807, 2.05) is 20.8 Å². The van der Waals surface area contributed by atoms with Crippen LogP contribution < -0.4 is 0 Å². The standard InChI is InChI=1S/C10H20O3/c1-4-7-10(13-6-3)9(11)8-12-5-2/h10H,4-8H2,1-3H3. The first-order chi connectivity index (χ1) is 6.26. The smallest absolute Gasteiger partial charge is 0.187 e. The lowest BCUT2D eigenvalue weighted by Crippen LogP contribution is -2.28. The maximum absolute atomic E-state index is 11.4. The molecule has 1 unspecified atom stereocenters. The van der Waals surface area contributed by atoms with Crippen molar-refractivity contribution in [2.24, 2.45) is 0 Å². The Hall–Kier alpha value is -0.410. The molecule has 13 heavy (non-hydrogen) atoms. The predicted octanol–water partition coefficient (Wildman–Crippen LogP) is 1.80. The summed E-state index contributed by atoms with van der Waals surface area (Å²) >= 11 is 0. The Morgan fingerprint density at radius 1 is 1.23 bits per heavy atom. The average molecular weight is 188 g/mol. The zero-order valence-electron chi connectivity index (χ0n) is 8.84. The van der Waals surface area contributed by atoms with E-state index in [1.54, 1.807) is 0 Å². The lowest BCUT2D eigenvalue weighted by atomic mass is 10.1. The summed E-state index contributed by atoms with van der Waals surface area (Å²) in [6.45, 7) is 7.17. The molecule has 0 heterocycles. The molecule has 0 saturated heterocycles. The van der Waals surface area contributed by atoms with Crippen LogP contribution in [0.5, 0.6) is 0 Å². The van der Waals surface area contributed by atoms with Crippen molar-refractivity contribution in [3.8, 4) is 0 Å². The molecule has 0 aliphatic rings. The molecule has 0 aliphatic heterocycles. The highest BCUT2D eigenvalue weighted by Gasteiger charge is 2.16. The molecule has 0 aromatic carbocycles. The summed E-state index contributed by atoms with van der Waals surface area (Å²) < 4.78 is 10.4. The Labute approximate surface area is 80.4 Å². The van der Waals surface area contributed by atoms with E-state index in [1.165, 1.54) is 0 Å². The van der Waals surface area contributed by atoms with Gasteiger partial charge in [0.1, 0.15) is 12.7 Å². The van der Waals surface area contributed by atoms with Gasteiger partial charge >= 0.3 is 0 Å². The number of ether oxygens (including phenoxy) is 2. The molecule has 0 bridgehead atoms. The molecule has 0 aromatic heterocycles. The second-order valence-electron chi connectivity index (χ2n) is 2.84. The molecule has 0 amide bonds. The average Bonchev–Trinajstić information content (AvgIpc) is 2.14. The first-order valence-corrected chi connectivity index (χ1v) is 4.98. The van der Waals surface area contributed by atoms with E-state index in [4.69, 9.17) is 9.47 Å². The van der Waals surface area contributed by atoms with Gasteiger partial charge in [0.2, 0.25) is 0 Å². The zero-order chi connectivity index (χ0) is 10.1. The summed E-state index contributed by atoms with van der Waals surface area (Å²) in [4.78, 5) is 11.4. The van der Waals surface area contributed by atoms with Gasteiger partial charge in [-0.1, -0.05) is 13.3 Å². The number of Topliss-reactive ketones (excluding diaryl/α,β-unsaturated/α-hetero) is 1. The van der Waals surface area contributed by atoms with Gasteiger partial charge in [-0.25, -0.2) is 0 Å². The van der Waals surface area contributed by atoms with E-state index in [9.17, 15) is 4.79 Å². The van der Waals surface area contributed by atoms with Crippen molar-refractivity contribution in [2.75, 3.05) is 19.8 Å². The maximum Gasteiger partial charge on any atom is 0.187 e. The molecule has 0 aromatic rings. The Balaban J connectivity index is 3.80. The Bertz CT molecular complexity index is 128. The SMILES string of the molecule is CCCC(OCC)C(=O)COCC. The monoisotopic (exact) mass is 188 g/mol. The summed E-state index contributed by atoms with van der Waals surface area (Å²) in [5, 5.41) is 0. The quantitative estimate of drug-likeness (QED) is 0.582. The van der Waals surface area contributed by atoms with Gasteiger partial charge in [-0.05, 0) is 20.3 Å². The van der Waals surface area contributed by atoms with Gasteiger partial charge in [-0.2, -0.15) is 0 Å². The molecule has 0 radical (unpaired) electrons. The van der Waals surface area contributed by atoms with Gasteiger partial charge in [0.05, 0.1) is 0 Å². The summed E-state index contributed by atoms with van der Waals surface area (Å²) in [6.07, 6.45) is 1.49. The van der Waals surface area contributed by atoms with E-state index < -0.39 is 0 Å². The van der Waals surface area contributed by atoms with E-state index in [0.717, 1.165) is 12.8 Å². The molecule has 0 rings (SSSR count). The summed E-state index contributed by atoms with van der Waals surface area (Å²) in [7, 11) is 0. The normalized spacial score (nSPS) is 12.8. The summed E-state index contributed by atoms with van der Waals surface area (Å²) in [6, 6.07) is 0. The lowest BCUT2D eigenvalue weighted by molar-refractivity contribution is -0.135. The fraction of sp³-hybridized carbons (Fsp3) is 0.900. The molecule has 0 saturated carbocycles. The number of hydrogen-bond acceptors (Lipinski definition) is 3. The van der Waals surface area contributed by atoms with Crippen molar-refractivity contribution < 1.29 is 14.3 Å². The third-order valence-corrected chi connectivity index (χ3v) is 1.73. The minimum Gasteiger partial charge on any atom is -0.374 e. The summed E-state index contributed by atoms with van der Waals surface area (Å²) in [5.74, 6) is 0.0607. The van der Waals surface area contributed by atoms with E-state index >= 15 is 0 Å². The van der Waals surface area contributed by atoms with Gasteiger partial charge in [-0.3, -0.25) is 4.79 Å². The van der Waals surface area contributed by atoms with E-state index in [-0.39, 0.29) is 18.5 Å². The van der Waals surface area contributed by atoms with Crippen LogP contribution in [0.25, 0.3) is 0 Å². The molecule has 0 N–H and O–H groups in total. The highest BCUT2D eigenvalue weighted by atomic mass is 16.5. The number of hydrogen-bond donors (Lipinski definition) is 0.